The average Bonchev–Trinajstić information content (AvgIpc) is 3.33. The Hall–Kier alpha value is -2.18. The first-order valence-electron chi connectivity index (χ1n) is 29.4. The maximum atomic E-state index is 12.5. The number of carbonyl (C=O) groups is 2. The molecule has 6 heteroatoms. The first kappa shape index (κ1) is 64.8. The maximum Gasteiger partial charge on any atom is 0.305 e. The van der Waals surface area contributed by atoms with E-state index in [1.807, 2.05) is 6.08 Å². The van der Waals surface area contributed by atoms with E-state index in [0.717, 1.165) is 77.0 Å². The van der Waals surface area contributed by atoms with Gasteiger partial charge in [-0.15, -0.1) is 0 Å². The van der Waals surface area contributed by atoms with Gasteiger partial charge in [0.1, 0.15) is 0 Å². The van der Waals surface area contributed by atoms with Gasteiger partial charge in [-0.3, -0.25) is 9.59 Å². The van der Waals surface area contributed by atoms with E-state index in [9.17, 15) is 19.8 Å². The Kier molecular flexibility index (Phi) is 54.6. The minimum absolute atomic E-state index is 0.0236. The molecule has 0 aliphatic rings. The molecular weight excluding hydrogens is 827 g/mol. The summed E-state index contributed by atoms with van der Waals surface area (Å²) in [5, 5.41) is 23.1. The fourth-order valence-corrected chi connectivity index (χ4v) is 8.80. The summed E-state index contributed by atoms with van der Waals surface area (Å²) < 4.78 is 5.46. The van der Waals surface area contributed by atoms with Crippen LogP contribution in [0, 0.1) is 0 Å². The Balaban J connectivity index is 3.53. The summed E-state index contributed by atoms with van der Waals surface area (Å²) >= 11 is 0. The number of nitrogens with one attached hydrogen (secondary N) is 1. The van der Waals surface area contributed by atoms with Gasteiger partial charge in [-0.05, 0) is 89.9 Å². The van der Waals surface area contributed by atoms with Gasteiger partial charge in [0.2, 0.25) is 5.91 Å². The summed E-state index contributed by atoms with van der Waals surface area (Å²) in [6.45, 7) is 4.85. The second-order valence-electron chi connectivity index (χ2n) is 20.0. The van der Waals surface area contributed by atoms with Crippen LogP contribution >= 0.6 is 0 Å². The van der Waals surface area contributed by atoms with E-state index in [0.29, 0.717) is 19.4 Å². The van der Waals surface area contributed by atoms with Crippen LogP contribution in [0.15, 0.2) is 48.6 Å². The van der Waals surface area contributed by atoms with Crippen molar-refractivity contribution in [2.75, 3.05) is 13.2 Å². The van der Waals surface area contributed by atoms with Gasteiger partial charge in [-0.2, -0.15) is 0 Å². The van der Waals surface area contributed by atoms with Crippen LogP contribution in [-0.2, 0) is 14.3 Å². The smallest absolute Gasteiger partial charge is 0.305 e. The molecule has 1 amide bonds. The van der Waals surface area contributed by atoms with Crippen LogP contribution in [0.5, 0.6) is 0 Å². The topological polar surface area (TPSA) is 95.9 Å². The number of amides is 1. The number of rotatable bonds is 54. The summed E-state index contributed by atoms with van der Waals surface area (Å²) in [4.78, 5) is 24.5. The molecule has 0 radical (unpaired) electrons. The lowest BCUT2D eigenvalue weighted by atomic mass is 10.0. The first-order valence-corrected chi connectivity index (χ1v) is 29.4. The van der Waals surface area contributed by atoms with Gasteiger partial charge >= 0.3 is 5.97 Å². The molecule has 392 valence electrons. The fourth-order valence-electron chi connectivity index (χ4n) is 8.80. The Bertz CT molecular complexity index is 1130. The van der Waals surface area contributed by atoms with Crippen molar-refractivity contribution in [1.29, 1.82) is 0 Å². The zero-order valence-electron chi connectivity index (χ0n) is 44.6. The number of aliphatic hydroxyl groups is 2. The van der Waals surface area contributed by atoms with Crippen LogP contribution < -0.4 is 5.32 Å². The molecule has 0 fully saturated rings. The monoisotopic (exact) mass is 940 g/mol. The average molecular weight is 941 g/mol. The lowest BCUT2D eigenvalue weighted by molar-refractivity contribution is -0.143. The number of aliphatic hydroxyl groups excluding tert-OH is 2. The van der Waals surface area contributed by atoms with Crippen molar-refractivity contribution in [2.45, 2.75) is 315 Å². The van der Waals surface area contributed by atoms with Crippen LogP contribution in [0.25, 0.3) is 0 Å². The van der Waals surface area contributed by atoms with Crippen molar-refractivity contribution in [3.05, 3.63) is 48.6 Å². The van der Waals surface area contributed by atoms with Crippen molar-refractivity contribution >= 4 is 11.9 Å². The van der Waals surface area contributed by atoms with Crippen LogP contribution in [0.2, 0.25) is 0 Å². The molecule has 2 unspecified atom stereocenters. The van der Waals surface area contributed by atoms with Crippen molar-refractivity contribution in [3.8, 4) is 0 Å². The number of hydrogen-bond acceptors (Lipinski definition) is 5. The highest BCUT2D eigenvalue weighted by molar-refractivity contribution is 5.76. The second-order valence-corrected chi connectivity index (χ2v) is 20.0. The Morgan fingerprint density at radius 2 is 0.746 bits per heavy atom. The molecule has 3 N–H and O–H groups in total. The highest BCUT2D eigenvalue weighted by Gasteiger charge is 2.18. The molecule has 0 aliphatic carbocycles. The molecule has 0 aromatic heterocycles. The Morgan fingerprint density at radius 1 is 0.418 bits per heavy atom. The predicted octanol–water partition coefficient (Wildman–Crippen LogP) is 18.2. The van der Waals surface area contributed by atoms with E-state index in [2.05, 4.69) is 55.6 Å². The van der Waals surface area contributed by atoms with Crippen molar-refractivity contribution in [1.82, 2.24) is 5.32 Å². The fraction of sp³-hybridized carbons (Fsp3) is 0.836. The van der Waals surface area contributed by atoms with E-state index in [1.165, 1.54) is 199 Å². The summed E-state index contributed by atoms with van der Waals surface area (Å²) in [7, 11) is 0. The van der Waals surface area contributed by atoms with Crippen molar-refractivity contribution in [2.24, 2.45) is 0 Å². The van der Waals surface area contributed by atoms with E-state index in [1.54, 1.807) is 6.08 Å². The first-order chi connectivity index (χ1) is 33.0. The molecule has 0 aromatic carbocycles. The standard InChI is InChI=1S/C61H113NO5/c1-3-5-7-9-11-13-15-17-19-21-22-23-27-31-35-39-43-47-51-55-61(66)67-56-52-48-44-40-36-32-28-24-26-30-34-38-42-46-50-54-60(65)62-58(57-63)59(64)53-49-45-41-37-33-29-25-20-18-16-14-12-10-8-6-4-2/h17,19,24,28,32,36,49,53,58-59,63-64H,3-16,18,20-23,25-27,29-31,33-35,37-48,50-52,54-57H2,1-2H3,(H,62,65)/b19-17-,28-24-,36-32-,53-49+. The molecule has 0 spiro atoms. The quantitative estimate of drug-likeness (QED) is 0.0244. The molecule has 0 bridgehead atoms. The van der Waals surface area contributed by atoms with Crippen LogP contribution in [-0.4, -0.2) is 47.4 Å². The van der Waals surface area contributed by atoms with E-state index in [4.69, 9.17) is 4.74 Å². The van der Waals surface area contributed by atoms with Crippen molar-refractivity contribution < 1.29 is 24.5 Å². The zero-order chi connectivity index (χ0) is 48.6. The maximum absolute atomic E-state index is 12.5. The molecule has 0 saturated carbocycles. The molecule has 0 saturated heterocycles. The Labute approximate surface area is 416 Å². The van der Waals surface area contributed by atoms with Gasteiger partial charge in [-0.25, -0.2) is 0 Å². The molecule has 0 aliphatic heterocycles. The van der Waals surface area contributed by atoms with Gasteiger partial charge in [0.25, 0.3) is 0 Å². The minimum atomic E-state index is -0.860. The third-order valence-electron chi connectivity index (χ3n) is 13.3. The summed E-state index contributed by atoms with van der Waals surface area (Å²) in [5.74, 6) is -0.114. The number of esters is 1. The molecule has 0 aromatic rings. The lowest BCUT2D eigenvalue weighted by Crippen LogP contribution is -2.45. The van der Waals surface area contributed by atoms with Gasteiger partial charge in [0.15, 0.2) is 0 Å². The Morgan fingerprint density at radius 3 is 1.15 bits per heavy atom. The number of hydrogen-bond donors (Lipinski definition) is 3. The molecule has 0 heterocycles. The molecule has 67 heavy (non-hydrogen) atoms. The van der Waals surface area contributed by atoms with Crippen LogP contribution in [0.3, 0.4) is 0 Å². The predicted molar refractivity (Wildman–Crippen MR) is 292 cm³/mol. The van der Waals surface area contributed by atoms with Gasteiger partial charge in [0, 0.05) is 12.8 Å². The molecular formula is C61H113NO5. The van der Waals surface area contributed by atoms with Gasteiger partial charge in [0.05, 0.1) is 25.4 Å². The van der Waals surface area contributed by atoms with Crippen molar-refractivity contribution in [3.63, 3.8) is 0 Å². The van der Waals surface area contributed by atoms with E-state index >= 15 is 0 Å². The molecule has 6 nitrogen and oxygen atoms in total. The molecule has 0 rings (SSSR count). The van der Waals surface area contributed by atoms with Gasteiger partial charge < -0.3 is 20.3 Å². The largest absolute Gasteiger partial charge is 0.466 e. The van der Waals surface area contributed by atoms with E-state index in [-0.39, 0.29) is 18.5 Å². The second kappa shape index (κ2) is 56.4. The minimum Gasteiger partial charge on any atom is -0.466 e. The highest BCUT2D eigenvalue weighted by Crippen LogP contribution is 2.16. The van der Waals surface area contributed by atoms with Crippen LogP contribution in [0.1, 0.15) is 303 Å². The normalized spacial score (nSPS) is 13.0. The zero-order valence-corrected chi connectivity index (χ0v) is 44.6. The number of ether oxygens (including phenoxy) is 1. The summed E-state index contributed by atoms with van der Waals surface area (Å²) in [6, 6.07) is -0.645. The summed E-state index contributed by atoms with van der Waals surface area (Å²) in [5.41, 5.74) is 0. The van der Waals surface area contributed by atoms with Gasteiger partial charge in [-0.1, -0.05) is 249 Å². The van der Waals surface area contributed by atoms with E-state index < -0.39 is 12.1 Å². The SMILES string of the molecule is CCCCCCCC/C=C\CCCCCCCCCCCC(=O)OCCCCC/C=C\C=C/CCCCCCCCC(=O)NC(CO)C(O)/C=C/CCCCCCCCCCCCCCCC. The number of unbranched alkanes of at least 4 members (excludes halogenated alkanes) is 38. The number of carbonyl (C=O) groups excluding carboxylic acids is 2. The molecule has 2 atom stereocenters. The summed E-state index contributed by atoms with van der Waals surface area (Å²) in [6.07, 6.45) is 71.3. The lowest BCUT2D eigenvalue weighted by Gasteiger charge is -2.20. The number of allylic oxidation sites excluding steroid dienone is 7. The van der Waals surface area contributed by atoms with Crippen LogP contribution in [0.4, 0.5) is 0 Å². The third kappa shape index (κ3) is 53.0. The highest BCUT2D eigenvalue weighted by atomic mass is 16.5. The third-order valence-corrected chi connectivity index (χ3v) is 13.3.